The zero-order valence-electron chi connectivity index (χ0n) is 9.39. The van der Waals surface area contributed by atoms with E-state index >= 15 is 0 Å². The molecule has 0 radical (unpaired) electrons. The van der Waals surface area contributed by atoms with E-state index in [4.69, 9.17) is 11.6 Å². The SMILES string of the molecule is CC(Cl)CCCNc1ncccc1C(F)(F)F. The molecule has 1 atom stereocenters. The number of nitrogens with one attached hydrogen (secondary N) is 1. The fourth-order valence-electron chi connectivity index (χ4n) is 1.37. The van der Waals surface area contributed by atoms with Crippen LogP contribution in [0, 0.1) is 0 Å². The molecule has 1 heterocycles. The molecule has 0 spiro atoms. The fraction of sp³-hybridized carbons (Fsp3) is 0.545. The Balaban J connectivity index is 2.59. The van der Waals surface area contributed by atoms with Gasteiger partial charge in [-0.1, -0.05) is 0 Å². The van der Waals surface area contributed by atoms with Gasteiger partial charge in [-0.05, 0) is 31.9 Å². The summed E-state index contributed by atoms with van der Waals surface area (Å²) in [5.74, 6) is -0.123. The fourth-order valence-corrected chi connectivity index (χ4v) is 1.52. The van der Waals surface area contributed by atoms with Crippen molar-refractivity contribution in [2.24, 2.45) is 0 Å². The smallest absolute Gasteiger partial charge is 0.370 e. The van der Waals surface area contributed by atoms with E-state index in [0.717, 1.165) is 12.5 Å². The molecule has 17 heavy (non-hydrogen) atoms. The average Bonchev–Trinajstić information content (AvgIpc) is 2.23. The van der Waals surface area contributed by atoms with Gasteiger partial charge in [0, 0.05) is 18.1 Å². The summed E-state index contributed by atoms with van der Waals surface area (Å²) in [6.07, 6.45) is -1.58. The zero-order valence-corrected chi connectivity index (χ0v) is 10.1. The Bertz CT molecular complexity index is 353. The van der Waals surface area contributed by atoms with Crippen LogP contribution in [0.3, 0.4) is 0 Å². The van der Waals surface area contributed by atoms with Crippen molar-refractivity contribution in [1.82, 2.24) is 4.98 Å². The first-order chi connectivity index (χ1) is 7.91. The van der Waals surface area contributed by atoms with Gasteiger partial charge in [0.05, 0.1) is 5.56 Å². The van der Waals surface area contributed by atoms with Gasteiger partial charge in [0.1, 0.15) is 5.82 Å². The number of halogens is 4. The van der Waals surface area contributed by atoms with E-state index in [2.05, 4.69) is 10.3 Å². The molecule has 0 aromatic carbocycles. The summed E-state index contributed by atoms with van der Waals surface area (Å²) in [5.41, 5.74) is -0.737. The molecule has 1 N–H and O–H groups in total. The van der Waals surface area contributed by atoms with E-state index in [1.54, 1.807) is 0 Å². The van der Waals surface area contributed by atoms with Crippen molar-refractivity contribution in [2.45, 2.75) is 31.3 Å². The van der Waals surface area contributed by atoms with Crippen LogP contribution in [0.4, 0.5) is 19.0 Å². The summed E-state index contributed by atoms with van der Waals surface area (Å²) < 4.78 is 37.8. The molecule has 0 amide bonds. The second-order valence-corrected chi connectivity index (χ2v) is 4.49. The topological polar surface area (TPSA) is 24.9 Å². The van der Waals surface area contributed by atoms with Crippen molar-refractivity contribution in [3.8, 4) is 0 Å². The number of rotatable bonds is 5. The van der Waals surface area contributed by atoms with Crippen molar-refractivity contribution in [3.05, 3.63) is 23.9 Å². The first kappa shape index (κ1) is 14.1. The summed E-state index contributed by atoms with van der Waals surface area (Å²) in [6.45, 7) is 2.28. The Labute approximate surface area is 103 Å². The van der Waals surface area contributed by atoms with Gasteiger partial charge in [-0.3, -0.25) is 0 Å². The second kappa shape index (κ2) is 6.10. The highest BCUT2D eigenvalue weighted by Crippen LogP contribution is 2.33. The lowest BCUT2D eigenvalue weighted by Crippen LogP contribution is -2.13. The molecule has 1 aromatic rings. The van der Waals surface area contributed by atoms with E-state index in [-0.39, 0.29) is 11.2 Å². The van der Waals surface area contributed by atoms with Crippen LogP contribution in [-0.2, 0) is 6.18 Å². The largest absolute Gasteiger partial charge is 0.419 e. The maximum Gasteiger partial charge on any atom is 0.419 e. The van der Waals surface area contributed by atoms with E-state index < -0.39 is 11.7 Å². The van der Waals surface area contributed by atoms with E-state index in [1.807, 2.05) is 6.92 Å². The lowest BCUT2D eigenvalue weighted by molar-refractivity contribution is -0.137. The highest BCUT2D eigenvalue weighted by molar-refractivity contribution is 6.20. The molecule has 1 aromatic heterocycles. The van der Waals surface area contributed by atoms with E-state index in [9.17, 15) is 13.2 Å². The van der Waals surface area contributed by atoms with E-state index in [1.165, 1.54) is 12.3 Å². The van der Waals surface area contributed by atoms with Gasteiger partial charge < -0.3 is 5.32 Å². The Morgan fingerprint density at radius 2 is 2.18 bits per heavy atom. The minimum absolute atomic E-state index is 0.0302. The Kier molecular flexibility index (Phi) is 5.05. The minimum atomic E-state index is -4.38. The molecule has 0 fully saturated rings. The number of alkyl halides is 4. The third kappa shape index (κ3) is 4.81. The molecule has 96 valence electrons. The normalized spacial score (nSPS) is 13.5. The predicted octanol–water partition coefficient (Wildman–Crippen LogP) is 3.92. The number of aromatic nitrogens is 1. The van der Waals surface area contributed by atoms with Gasteiger partial charge >= 0.3 is 6.18 Å². The van der Waals surface area contributed by atoms with Crippen molar-refractivity contribution in [3.63, 3.8) is 0 Å². The Morgan fingerprint density at radius 1 is 1.47 bits per heavy atom. The molecular weight excluding hydrogens is 253 g/mol. The van der Waals surface area contributed by atoms with E-state index in [0.29, 0.717) is 13.0 Å². The van der Waals surface area contributed by atoms with Gasteiger partial charge in [0.2, 0.25) is 0 Å². The average molecular weight is 267 g/mol. The van der Waals surface area contributed by atoms with Crippen molar-refractivity contribution < 1.29 is 13.2 Å². The number of hydrogen-bond acceptors (Lipinski definition) is 2. The predicted molar refractivity (Wildman–Crippen MR) is 62.3 cm³/mol. The maximum absolute atomic E-state index is 12.6. The van der Waals surface area contributed by atoms with Crippen LogP contribution >= 0.6 is 11.6 Å². The number of pyridine rings is 1. The first-order valence-corrected chi connectivity index (χ1v) is 5.75. The number of anilines is 1. The van der Waals surface area contributed by atoms with Crippen LogP contribution < -0.4 is 5.32 Å². The summed E-state index contributed by atoms with van der Waals surface area (Å²) in [7, 11) is 0. The molecule has 0 saturated heterocycles. The lowest BCUT2D eigenvalue weighted by Gasteiger charge is -2.13. The lowest BCUT2D eigenvalue weighted by atomic mass is 10.2. The second-order valence-electron chi connectivity index (χ2n) is 3.75. The van der Waals surface area contributed by atoms with Crippen molar-refractivity contribution in [2.75, 3.05) is 11.9 Å². The molecule has 0 saturated carbocycles. The molecule has 6 heteroatoms. The molecule has 0 aliphatic carbocycles. The molecule has 1 unspecified atom stereocenters. The van der Waals surface area contributed by atoms with Crippen LogP contribution in [0.2, 0.25) is 0 Å². The monoisotopic (exact) mass is 266 g/mol. The van der Waals surface area contributed by atoms with Crippen LogP contribution in [0.5, 0.6) is 0 Å². The summed E-state index contributed by atoms with van der Waals surface area (Å²) >= 11 is 5.74. The van der Waals surface area contributed by atoms with Gasteiger partial charge in [0.15, 0.2) is 0 Å². The van der Waals surface area contributed by atoms with Gasteiger partial charge in [0.25, 0.3) is 0 Å². The van der Waals surface area contributed by atoms with Crippen LogP contribution in [0.25, 0.3) is 0 Å². The van der Waals surface area contributed by atoms with Gasteiger partial charge in [-0.2, -0.15) is 13.2 Å². The van der Waals surface area contributed by atoms with Crippen LogP contribution in [0.15, 0.2) is 18.3 Å². The van der Waals surface area contributed by atoms with Crippen molar-refractivity contribution in [1.29, 1.82) is 0 Å². The molecule has 0 aliphatic rings. The van der Waals surface area contributed by atoms with Gasteiger partial charge in [-0.25, -0.2) is 4.98 Å². The summed E-state index contributed by atoms with van der Waals surface area (Å²) in [6, 6.07) is 2.29. The molecule has 0 aliphatic heterocycles. The third-order valence-corrected chi connectivity index (χ3v) is 2.40. The maximum atomic E-state index is 12.6. The highest BCUT2D eigenvalue weighted by atomic mass is 35.5. The summed E-state index contributed by atoms with van der Waals surface area (Å²) in [5, 5.41) is 2.72. The van der Waals surface area contributed by atoms with Gasteiger partial charge in [-0.15, -0.1) is 11.6 Å². The summed E-state index contributed by atoms with van der Waals surface area (Å²) in [4.78, 5) is 3.70. The van der Waals surface area contributed by atoms with Crippen molar-refractivity contribution >= 4 is 17.4 Å². The standard InChI is InChI=1S/C11H14ClF3N2/c1-8(12)4-2-6-16-10-9(11(13,14)15)5-3-7-17-10/h3,5,7-8H,2,4,6H2,1H3,(H,16,17). The number of nitrogens with zero attached hydrogens (tertiary/aromatic N) is 1. The Hall–Kier alpha value is -0.970. The molecule has 2 nitrogen and oxygen atoms in total. The van der Waals surface area contributed by atoms with Crippen LogP contribution in [-0.4, -0.2) is 16.9 Å². The van der Waals surface area contributed by atoms with Crippen LogP contribution in [0.1, 0.15) is 25.3 Å². The molecule has 1 rings (SSSR count). The Morgan fingerprint density at radius 3 is 2.76 bits per heavy atom. The molecule has 0 bridgehead atoms. The first-order valence-electron chi connectivity index (χ1n) is 5.31. The zero-order chi connectivity index (χ0) is 12.9. The number of hydrogen-bond donors (Lipinski definition) is 1. The highest BCUT2D eigenvalue weighted by Gasteiger charge is 2.33. The molecular formula is C11H14ClF3N2. The third-order valence-electron chi connectivity index (χ3n) is 2.18. The minimum Gasteiger partial charge on any atom is -0.370 e. The quantitative estimate of drug-likeness (QED) is 0.645.